The zero-order valence-corrected chi connectivity index (χ0v) is 6.17. The van der Waals surface area contributed by atoms with E-state index >= 15 is 0 Å². The standard InChI is InChI=1S/C9H9N2/c1-2-4-8(5-3-1)9-10-6-7-11-9/h1-4H,6-7H2,(H,10,11). The first-order chi connectivity index (χ1) is 5.47. The summed E-state index contributed by atoms with van der Waals surface area (Å²) in [4.78, 5) is 4.28. The maximum absolute atomic E-state index is 4.28. The number of aliphatic imine (C=N–C) groups is 1. The molecule has 11 heavy (non-hydrogen) atoms. The van der Waals surface area contributed by atoms with Gasteiger partial charge in [0.05, 0.1) is 6.54 Å². The second kappa shape index (κ2) is 2.74. The first-order valence-corrected chi connectivity index (χ1v) is 3.72. The summed E-state index contributed by atoms with van der Waals surface area (Å²) in [5.41, 5.74) is 1.06. The summed E-state index contributed by atoms with van der Waals surface area (Å²) in [7, 11) is 0. The minimum Gasteiger partial charge on any atom is -0.368 e. The minimum absolute atomic E-state index is 0.887. The molecule has 2 rings (SSSR count). The van der Waals surface area contributed by atoms with Gasteiger partial charge in [0, 0.05) is 12.1 Å². The molecule has 0 bridgehead atoms. The molecule has 1 aliphatic rings. The predicted molar refractivity (Wildman–Crippen MR) is 44.7 cm³/mol. The largest absolute Gasteiger partial charge is 0.368 e. The summed E-state index contributed by atoms with van der Waals surface area (Å²) < 4.78 is 0. The van der Waals surface area contributed by atoms with Crippen molar-refractivity contribution in [2.75, 3.05) is 13.1 Å². The van der Waals surface area contributed by atoms with Gasteiger partial charge in [-0.25, -0.2) is 0 Å². The second-order valence-corrected chi connectivity index (χ2v) is 2.43. The van der Waals surface area contributed by atoms with Crippen molar-refractivity contribution in [1.82, 2.24) is 5.32 Å². The SMILES string of the molecule is [c]1ccccc1C1=NCCN1. The molecule has 0 amide bonds. The van der Waals surface area contributed by atoms with Gasteiger partial charge in [-0.15, -0.1) is 0 Å². The molecule has 1 aliphatic heterocycles. The molecule has 1 heterocycles. The lowest BCUT2D eigenvalue weighted by Crippen LogP contribution is -2.19. The average molecular weight is 145 g/mol. The van der Waals surface area contributed by atoms with Gasteiger partial charge in [0.15, 0.2) is 0 Å². The van der Waals surface area contributed by atoms with Gasteiger partial charge >= 0.3 is 0 Å². The van der Waals surface area contributed by atoms with Gasteiger partial charge < -0.3 is 5.32 Å². The third-order valence-corrected chi connectivity index (χ3v) is 1.64. The van der Waals surface area contributed by atoms with Crippen LogP contribution in [0.2, 0.25) is 0 Å². The fourth-order valence-corrected chi connectivity index (χ4v) is 1.12. The number of amidine groups is 1. The molecule has 0 saturated heterocycles. The number of benzene rings is 1. The predicted octanol–water partition coefficient (Wildman–Crippen LogP) is 0.837. The monoisotopic (exact) mass is 145 g/mol. The molecule has 1 aromatic rings. The van der Waals surface area contributed by atoms with Crippen LogP contribution < -0.4 is 5.32 Å². The Hall–Kier alpha value is -1.31. The van der Waals surface area contributed by atoms with E-state index in [9.17, 15) is 0 Å². The highest BCUT2D eigenvalue weighted by molar-refractivity contribution is 5.99. The maximum Gasteiger partial charge on any atom is 0.129 e. The molecular formula is C9H9N2. The van der Waals surface area contributed by atoms with Crippen LogP contribution in [-0.4, -0.2) is 18.9 Å². The van der Waals surface area contributed by atoms with Crippen LogP contribution in [0.4, 0.5) is 0 Å². The van der Waals surface area contributed by atoms with Crippen molar-refractivity contribution >= 4 is 5.84 Å². The van der Waals surface area contributed by atoms with Crippen LogP contribution in [0.1, 0.15) is 5.56 Å². The molecule has 1 radical (unpaired) electrons. The highest BCUT2D eigenvalue weighted by atomic mass is 15.1. The molecule has 0 fully saturated rings. The first kappa shape index (κ1) is 6.40. The van der Waals surface area contributed by atoms with Crippen molar-refractivity contribution in [3.63, 3.8) is 0 Å². The van der Waals surface area contributed by atoms with Gasteiger partial charge in [0.25, 0.3) is 0 Å². The van der Waals surface area contributed by atoms with Crippen molar-refractivity contribution in [3.8, 4) is 0 Å². The smallest absolute Gasteiger partial charge is 0.129 e. The van der Waals surface area contributed by atoms with Crippen LogP contribution in [0.3, 0.4) is 0 Å². The molecular weight excluding hydrogens is 136 g/mol. The molecule has 0 saturated carbocycles. The molecule has 0 unspecified atom stereocenters. The lowest BCUT2D eigenvalue weighted by atomic mass is 10.2. The van der Waals surface area contributed by atoms with Gasteiger partial charge in [-0.2, -0.15) is 0 Å². The normalized spacial score (nSPS) is 15.8. The molecule has 1 N–H and O–H groups in total. The van der Waals surface area contributed by atoms with E-state index in [4.69, 9.17) is 0 Å². The summed E-state index contributed by atoms with van der Waals surface area (Å²) in [6.45, 7) is 1.84. The highest BCUT2D eigenvalue weighted by Crippen LogP contribution is 2.00. The summed E-state index contributed by atoms with van der Waals surface area (Å²) in [5.74, 6) is 0.977. The Balaban J connectivity index is 2.29. The fourth-order valence-electron chi connectivity index (χ4n) is 1.12. The number of rotatable bonds is 1. The molecule has 2 heteroatoms. The molecule has 0 spiro atoms. The zero-order chi connectivity index (χ0) is 7.52. The highest BCUT2D eigenvalue weighted by Gasteiger charge is 2.05. The van der Waals surface area contributed by atoms with Gasteiger partial charge in [0.2, 0.25) is 0 Å². The van der Waals surface area contributed by atoms with Gasteiger partial charge in [-0.1, -0.05) is 24.3 Å². The van der Waals surface area contributed by atoms with E-state index in [1.165, 1.54) is 0 Å². The van der Waals surface area contributed by atoms with Crippen molar-refractivity contribution in [1.29, 1.82) is 0 Å². The van der Waals surface area contributed by atoms with Gasteiger partial charge in [-0.3, -0.25) is 4.99 Å². The van der Waals surface area contributed by atoms with Crippen LogP contribution in [-0.2, 0) is 0 Å². The molecule has 0 aromatic heterocycles. The molecule has 0 aliphatic carbocycles. The Morgan fingerprint density at radius 1 is 1.45 bits per heavy atom. The lowest BCUT2D eigenvalue weighted by molar-refractivity contribution is 0.960. The molecule has 2 nitrogen and oxygen atoms in total. The van der Waals surface area contributed by atoms with Crippen molar-refractivity contribution in [2.45, 2.75) is 0 Å². The Kier molecular flexibility index (Phi) is 1.60. The maximum atomic E-state index is 4.28. The average Bonchev–Trinajstić information content (AvgIpc) is 2.58. The zero-order valence-electron chi connectivity index (χ0n) is 6.17. The minimum atomic E-state index is 0.887. The topological polar surface area (TPSA) is 24.4 Å². The molecule has 0 atom stereocenters. The summed E-state index contributed by atoms with van der Waals surface area (Å²) >= 11 is 0. The van der Waals surface area contributed by atoms with Crippen LogP contribution in [0, 0.1) is 6.07 Å². The van der Waals surface area contributed by atoms with Crippen molar-refractivity contribution in [2.24, 2.45) is 4.99 Å². The second-order valence-electron chi connectivity index (χ2n) is 2.43. The molecule has 55 valence electrons. The molecule has 1 aromatic carbocycles. The summed E-state index contributed by atoms with van der Waals surface area (Å²) in [6.07, 6.45) is 0. The fraction of sp³-hybridized carbons (Fsp3) is 0.222. The van der Waals surface area contributed by atoms with E-state index in [2.05, 4.69) is 16.4 Å². The van der Waals surface area contributed by atoms with E-state index in [-0.39, 0.29) is 0 Å². The third-order valence-electron chi connectivity index (χ3n) is 1.64. The Labute approximate surface area is 66.0 Å². The summed E-state index contributed by atoms with van der Waals surface area (Å²) in [5, 5.41) is 3.19. The Morgan fingerprint density at radius 2 is 2.45 bits per heavy atom. The van der Waals surface area contributed by atoms with E-state index in [1.54, 1.807) is 0 Å². The number of nitrogens with one attached hydrogen (secondary N) is 1. The lowest BCUT2D eigenvalue weighted by Gasteiger charge is -1.99. The van der Waals surface area contributed by atoms with E-state index in [1.807, 2.05) is 24.3 Å². The third kappa shape index (κ3) is 1.24. The number of hydrogen-bond acceptors (Lipinski definition) is 2. The van der Waals surface area contributed by atoms with Crippen molar-refractivity contribution in [3.05, 3.63) is 35.9 Å². The summed E-state index contributed by atoms with van der Waals surface area (Å²) in [6, 6.07) is 11.0. The van der Waals surface area contributed by atoms with E-state index in [0.717, 1.165) is 24.5 Å². The van der Waals surface area contributed by atoms with E-state index in [0.29, 0.717) is 0 Å². The van der Waals surface area contributed by atoms with Crippen LogP contribution in [0.15, 0.2) is 29.3 Å². The Bertz CT molecular complexity index is 264. The number of nitrogens with zero attached hydrogens (tertiary/aromatic N) is 1. The van der Waals surface area contributed by atoms with Crippen molar-refractivity contribution < 1.29 is 0 Å². The van der Waals surface area contributed by atoms with Gasteiger partial charge in [-0.05, 0) is 6.07 Å². The first-order valence-electron chi connectivity index (χ1n) is 3.72. The quantitative estimate of drug-likeness (QED) is 0.622. The van der Waals surface area contributed by atoms with E-state index < -0.39 is 0 Å². The Morgan fingerprint density at radius 3 is 3.09 bits per heavy atom. The van der Waals surface area contributed by atoms with Gasteiger partial charge in [0.1, 0.15) is 5.84 Å². The van der Waals surface area contributed by atoms with Crippen LogP contribution >= 0.6 is 0 Å². The van der Waals surface area contributed by atoms with Crippen LogP contribution in [0.25, 0.3) is 0 Å². The number of hydrogen-bond donors (Lipinski definition) is 1. The van der Waals surface area contributed by atoms with Crippen LogP contribution in [0.5, 0.6) is 0 Å².